The van der Waals surface area contributed by atoms with Crippen LogP contribution in [0.2, 0.25) is 0 Å². The Hall–Kier alpha value is -5.64. The van der Waals surface area contributed by atoms with Gasteiger partial charge in [-0.05, 0) is 91.8 Å². The number of ether oxygens (including phenoxy) is 1. The van der Waals surface area contributed by atoms with Gasteiger partial charge in [-0.2, -0.15) is 12.1 Å². The summed E-state index contributed by atoms with van der Waals surface area (Å²) >= 11 is 0. The van der Waals surface area contributed by atoms with E-state index in [1.165, 1.54) is 27.6 Å². The number of anilines is 4. The summed E-state index contributed by atoms with van der Waals surface area (Å²) in [6, 6.07) is 55.4. The van der Waals surface area contributed by atoms with Crippen molar-refractivity contribution in [3.05, 3.63) is 186 Å². The van der Waals surface area contributed by atoms with Gasteiger partial charge >= 0.3 is 0 Å². The molecule has 6 aromatic carbocycles. The number of hydrogen-bond acceptors (Lipinski definition) is 4. The molecule has 0 amide bonds. The largest absolute Gasteiger partial charge is 0.509 e. The van der Waals surface area contributed by atoms with Gasteiger partial charge in [0.1, 0.15) is 5.82 Å². The van der Waals surface area contributed by atoms with Gasteiger partial charge in [-0.15, -0.1) is 47.6 Å². The van der Waals surface area contributed by atoms with E-state index in [0.717, 1.165) is 50.6 Å². The molecule has 6 heteroatoms. The van der Waals surface area contributed by atoms with Gasteiger partial charge in [0.25, 0.3) is 0 Å². The number of hydrogen-bond donors (Lipinski definition) is 0. The fourth-order valence-corrected chi connectivity index (χ4v) is 8.62. The van der Waals surface area contributed by atoms with E-state index in [1.54, 1.807) is 0 Å². The Labute approximate surface area is 389 Å². The SMILES string of the molecule is CC(C)(C)c1cccc(N2[CH-]N(c3[c-]c(Oc4[c-]c5c(cc4)c4cc(C(C)(C)C)ccc4n5-c4cc(C(C)(C)C)ccn4)c(C(C)(C)c4ccccc4)cc3)c3ccccc32)c1.[Pt]. The van der Waals surface area contributed by atoms with Gasteiger partial charge in [-0.1, -0.05) is 148 Å². The molecule has 324 valence electrons. The molecule has 0 fully saturated rings. The van der Waals surface area contributed by atoms with E-state index < -0.39 is 5.41 Å². The zero-order valence-corrected chi connectivity index (χ0v) is 40.6. The molecule has 8 aromatic rings. The second-order valence-electron chi connectivity index (χ2n) is 20.4. The first-order chi connectivity index (χ1) is 29.4. The van der Waals surface area contributed by atoms with E-state index in [9.17, 15) is 0 Å². The number of nitrogens with zero attached hydrogens (tertiary/aromatic N) is 4. The van der Waals surface area contributed by atoms with Crippen LogP contribution < -0.4 is 14.5 Å². The van der Waals surface area contributed by atoms with Crippen molar-refractivity contribution < 1.29 is 25.8 Å². The van der Waals surface area contributed by atoms with Crippen LogP contribution in [0.1, 0.15) is 104 Å². The molecule has 0 saturated carbocycles. The van der Waals surface area contributed by atoms with Crippen LogP contribution in [0.5, 0.6) is 11.5 Å². The first-order valence-electron chi connectivity index (χ1n) is 21.8. The van der Waals surface area contributed by atoms with E-state index in [0.29, 0.717) is 11.5 Å². The Balaban J connectivity index is 0.00000544. The summed E-state index contributed by atoms with van der Waals surface area (Å²) in [6.45, 7) is 27.0. The standard InChI is InChI=1S/C57H57N4O.Pt/c1-54(2,3)39-20-17-21-42(32-39)59-37-60(50-23-16-15-22-49(50)59)43-25-28-47(57(10,11)38-18-13-12-14-19-38)52(35-43)62-44-26-27-45-46-33-40(55(4,5)6)24-29-48(46)61(51(45)36-44)53-34-41(30-31-58-53)56(7,8)9;/h12-34,37H,1-11H3;/q-3;. The van der Waals surface area contributed by atoms with Gasteiger partial charge in [-0.3, -0.25) is 0 Å². The summed E-state index contributed by atoms with van der Waals surface area (Å²) in [5.41, 5.74) is 11.7. The number of fused-ring (bicyclic) bond motifs is 4. The quantitative estimate of drug-likeness (QED) is 0.149. The number of rotatable bonds is 7. The molecular weight excluding hydrogens is 952 g/mol. The van der Waals surface area contributed by atoms with E-state index in [4.69, 9.17) is 9.72 Å². The molecule has 9 rings (SSSR count). The average Bonchev–Trinajstić information content (AvgIpc) is 3.79. The van der Waals surface area contributed by atoms with Crippen LogP contribution in [0, 0.1) is 18.8 Å². The Morgan fingerprint density at radius 3 is 1.87 bits per heavy atom. The summed E-state index contributed by atoms with van der Waals surface area (Å²) in [6.07, 6.45) is 1.92. The third-order valence-electron chi connectivity index (χ3n) is 12.5. The normalized spacial score (nSPS) is 13.4. The number of aromatic nitrogens is 2. The van der Waals surface area contributed by atoms with E-state index in [2.05, 4.69) is 243 Å². The minimum atomic E-state index is -0.405. The Morgan fingerprint density at radius 1 is 0.540 bits per heavy atom. The molecule has 0 atom stereocenters. The van der Waals surface area contributed by atoms with E-state index in [1.807, 2.05) is 6.20 Å². The van der Waals surface area contributed by atoms with Crippen LogP contribution >= 0.6 is 0 Å². The van der Waals surface area contributed by atoms with Gasteiger partial charge in [0, 0.05) is 61.3 Å². The molecule has 0 bridgehead atoms. The smallest absolute Gasteiger partial charge is 0.135 e. The van der Waals surface area contributed by atoms with Crippen molar-refractivity contribution >= 4 is 44.6 Å². The Kier molecular flexibility index (Phi) is 11.3. The predicted molar refractivity (Wildman–Crippen MR) is 259 cm³/mol. The van der Waals surface area contributed by atoms with Crippen molar-refractivity contribution in [3.63, 3.8) is 0 Å². The van der Waals surface area contributed by atoms with Crippen molar-refractivity contribution in [2.45, 2.75) is 97.8 Å². The van der Waals surface area contributed by atoms with Gasteiger partial charge in [0.2, 0.25) is 0 Å². The maximum atomic E-state index is 7.12. The molecule has 0 spiro atoms. The van der Waals surface area contributed by atoms with Crippen LogP contribution in [0.4, 0.5) is 22.7 Å². The molecule has 0 N–H and O–H groups in total. The molecule has 1 aliphatic rings. The molecule has 2 aromatic heterocycles. The number of pyridine rings is 1. The van der Waals surface area contributed by atoms with Crippen LogP contribution in [0.15, 0.2) is 140 Å². The summed E-state index contributed by atoms with van der Waals surface area (Å²) in [7, 11) is 0. The zero-order valence-electron chi connectivity index (χ0n) is 38.4. The summed E-state index contributed by atoms with van der Waals surface area (Å²) < 4.78 is 9.37. The number of para-hydroxylation sites is 2. The molecule has 0 saturated heterocycles. The third kappa shape index (κ3) is 8.22. The predicted octanol–water partition coefficient (Wildman–Crippen LogP) is 15.2. The first-order valence-corrected chi connectivity index (χ1v) is 21.8. The topological polar surface area (TPSA) is 33.5 Å². The first kappa shape index (κ1) is 44.0. The van der Waals surface area contributed by atoms with Crippen LogP contribution in [0.3, 0.4) is 0 Å². The molecule has 5 nitrogen and oxygen atoms in total. The average molecular weight is 1010 g/mol. The monoisotopic (exact) mass is 1010 g/mol. The Bertz CT molecular complexity index is 2960. The second kappa shape index (κ2) is 16.2. The van der Waals surface area contributed by atoms with Crippen LogP contribution in [-0.2, 0) is 42.7 Å². The fraction of sp³-hybridized carbons (Fsp3) is 0.263. The fourth-order valence-electron chi connectivity index (χ4n) is 8.62. The van der Waals surface area contributed by atoms with Crippen molar-refractivity contribution in [1.82, 2.24) is 9.55 Å². The van der Waals surface area contributed by atoms with Crippen molar-refractivity contribution in [2.24, 2.45) is 0 Å². The van der Waals surface area contributed by atoms with Gasteiger partial charge in [0.05, 0.1) is 0 Å². The zero-order chi connectivity index (χ0) is 43.8. The minimum Gasteiger partial charge on any atom is -0.509 e. The Morgan fingerprint density at radius 2 is 1.17 bits per heavy atom. The molecule has 3 heterocycles. The molecule has 1 aliphatic heterocycles. The molecule has 0 unspecified atom stereocenters. The maximum Gasteiger partial charge on any atom is 0.135 e. The molecule has 0 aliphatic carbocycles. The number of benzene rings is 6. The molecule has 0 radical (unpaired) electrons. The van der Waals surface area contributed by atoms with Gasteiger partial charge in [-0.25, -0.2) is 4.98 Å². The minimum absolute atomic E-state index is 0. The van der Waals surface area contributed by atoms with Crippen molar-refractivity contribution in [3.8, 4) is 17.3 Å². The van der Waals surface area contributed by atoms with Crippen LogP contribution in [0.25, 0.3) is 27.6 Å². The van der Waals surface area contributed by atoms with Crippen molar-refractivity contribution in [2.75, 3.05) is 9.80 Å². The maximum absolute atomic E-state index is 7.12. The molecule has 63 heavy (non-hydrogen) atoms. The van der Waals surface area contributed by atoms with E-state index >= 15 is 0 Å². The second-order valence-corrected chi connectivity index (χ2v) is 20.4. The van der Waals surface area contributed by atoms with Crippen LogP contribution in [-0.4, -0.2) is 9.55 Å². The summed E-state index contributed by atoms with van der Waals surface area (Å²) in [4.78, 5) is 9.45. The summed E-state index contributed by atoms with van der Waals surface area (Å²) in [5, 5.41) is 2.27. The van der Waals surface area contributed by atoms with Gasteiger partial charge in [0.15, 0.2) is 0 Å². The summed E-state index contributed by atoms with van der Waals surface area (Å²) in [5.74, 6) is 2.11. The van der Waals surface area contributed by atoms with Crippen molar-refractivity contribution in [1.29, 1.82) is 0 Å². The molecular formula is C57H57N4OPt-3. The third-order valence-corrected chi connectivity index (χ3v) is 12.5. The van der Waals surface area contributed by atoms with E-state index in [-0.39, 0.29) is 37.3 Å². The van der Waals surface area contributed by atoms with Gasteiger partial charge < -0.3 is 19.1 Å².